The topological polar surface area (TPSA) is 29.9 Å². The highest BCUT2D eigenvalue weighted by molar-refractivity contribution is 6.35. The molecule has 0 radical (unpaired) electrons. The number of nitrogens with zero attached hydrogens (tertiary/aromatic N) is 2. The van der Waals surface area contributed by atoms with Crippen LogP contribution in [0.15, 0.2) is 24.4 Å². The Morgan fingerprint density at radius 1 is 1.26 bits per heavy atom. The lowest BCUT2D eigenvalue weighted by Gasteiger charge is -2.20. The number of aryl methyl sites for hydroxylation is 1. The Balaban J connectivity index is 2.51. The predicted octanol–water partition coefficient (Wildman–Crippen LogP) is 4.08. The van der Waals surface area contributed by atoms with Gasteiger partial charge in [-0.2, -0.15) is 5.10 Å². The molecule has 1 heterocycles. The van der Waals surface area contributed by atoms with Crippen LogP contribution in [0, 0.1) is 0 Å². The number of hydrogen-bond donors (Lipinski definition) is 1. The fourth-order valence-electron chi connectivity index (χ4n) is 2.04. The van der Waals surface area contributed by atoms with E-state index < -0.39 is 0 Å². The van der Waals surface area contributed by atoms with Crippen LogP contribution in [0.3, 0.4) is 0 Å². The molecule has 2 rings (SSSR count). The summed E-state index contributed by atoms with van der Waals surface area (Å²) in [5, 5.41) is 9.37. The van der Waals surface area contributed by atoms with Gasteiger partial charge in [-0.05, 0) is 24.2 Å². The third-order valence-electron chi connectivity index (χ3n) is 2.89. The van der Waals surface area contributed by atoms with Crippen molar-refractivity contribution in [3.8, 4) is 0 Å². The van der Waals surface area contributed by atoms with Gasteiger partial charge >= 0.3 is 0 Å². The standard InChI is InChI=1S/C13H14Cl3N3/c1-3-17-12(13-11(16)7-18-19(13)2)9-5-4-8(14)6-10(9)15/h4-7,12,17H,3H2,1-2H3. The first-order valence-corrected chi connectivity index (χ1v) is 7.03. The molecular formula is C13H14Cl3N3. The smallest absolute Gasteiger partial charge is 0.0837 e. The van der Waals surface area contributed by atoms with Crippen LogP contribution in [0.1, 0.15) is 24.2 Å². The Labute approximate surface area is 127 Å². The van der Waals surface area contributed by atoms with Gasteiger partial charge in [0.05, 0.1) is 23.0 Å². The van der Waals surface area contributed by atoms with Crippen LogP contribution < -0.4 is 5.32 Å². The third kappa shape index (κ3) is 3.06. The van der Waals surface area contributed by atoms with E-state index in [4.69, 9.17) is 34.8 Å². The molecule has 1 aromatic carbocycles. The van der Waals surface area contributed by atoms with Crippen LogP contribution in [0.4, 0.5) is 0 Å². The zero-order valence-corrected chi connectivity index (χ0v) is 12.9. The van der Waals surface area contributed by atoms with Crippen LogP contribution >= 0.6 is 34.8 Å². The first-order valence-electron chi connectivity index (χ1n) is 5.90. The minimum Gasteiger partial charge on any atom is -0.305 e. The highest BCUT2D eigenvalue weighted by Gasteiger charge is 2.22. The first-order chi connectivity index (χ1) is 9.04. The summed E-state index contributed by atoms with van der Waals surface area (Å²) in [4.78, 5) is 0. The monoisotopic (exact) mass is 317 g/mol. The lowest BCUT2D eigenvalue weighted by atomic mass is 10.0. The Bertz CT molecular complexity index is 561. The summed E-state index contributed by atoms with van der Waals surface area (Å²) in [5.74, 6) is 0. The maximum Gasteiger partial charge on any atom is 0.0837 e. The molecule has 0 bridgehead atoms. The van der Waals surface area contributed by atoms with Gasteiger partial charge in [0.15, 0.2) is 0 Å². The molecular weight excluding hydrogens is 305 g/mol. The molecule has 0 aliphatic heterocycles. The number of halogens is 3. The molecule has 0 fully saturated rings. The Kier molecular flexibility index (Phi) is 4.74. The van der Waals surface area contributed by atoms with Gasteiger partial charge in [0.2, 0.25) is 0 Å². The number of nitrogens with one attached hydrogen (secondary N) is 1. The van der Waals surface area contributed by atoms with Crippen LogP contribution in [0.5, 0.6) is 0 Å². The number of hydrogen-bond acceptors (Lipinski definition) is 2. The van der Waals surface area contributed by atoms with Gasteiger partial charge in [-0.25, -0.2) is 0 Å². The molecule has 2 aromatic rings. The van der Waals surface area contributed by atoms with Crippen molar-refractivity contribution in [1.82, 2.24) is 15.1 Å². The summed E-state index contributed by atoms with van der Waals surface area (Å²) in [5.41, 5.74) is 1.81. The normalized spacial score (nSPS) is 12.7. The molecule has 0 spiro atoms. The quantitative estimate of drug-likeness (QED) is 0.920. The minimum absolute atomic E-state index is 0.116. The Morgan fingerprint density at radius 3 is 2.53 bits per heavy atom. The summed E-state index contributed by atoms with van der Waals surface area (Å²) >= 11 is 18.4. The SMILES string of the molecule is CCNC(c1ccc(Cl)cc1Cl)c1c(Cl)cnn1C. The molecule has 1 N–H and O–H groups in total. The van der Waals surface area contributed by atoms with E-state index in [2.05, 4.69) is 10.4 Å². The molecule has 102 valence electrons. The second-order valence-electron chi connectivity index (χ2n) is 4.16. The van der Waals surface area contributed by atoms with Gasteiger partial charge < -0.3 is 5.32 Å². The minimum atomic E-state index is -0.116. The van der Waals surface area contributed by atoms with E-state index in [-0.39, 0.29) is 6.04 Å². The average Bonchev–Trinajstić information content (AvgIpc) is 2.67. The highest BCUT2D eigenvalue weighted by Crippen LogP contribution is 2.33. The lowest BCUT2D eigenvalue weighted by Crippen LogP contribution is -2.24. The van der Waals surface area contributed by atoms with Gasteiger partial charge in [0, 0.05) is 17.1 Å². The molecule has 6 heteroatoms. The molecule has 0 saturated carbocycles. The van der Waals surface area contributed by atoms with E-state index in [1.807, 2.05) is 26.1 Å². The second-order valence-corrected chi connectivity index (χ2v) is 5.41. The fraction of sp³-hybridized carbons (Fsp3) is 0.308. The maximum atomic E-state index is 6.28. The summed E-state index contributed by atoms with van der Waals surface area (Å²) in [6, 6.07) is 5.33. The molecule has 0 saturated heterocycles. The van der Waals surface area contributed by atoms with Gasteiger partial charge in [0.25, 0.3) is 0 Å². The number of rotatable bonds is 4. The molecule has 3 nitrogen and oxygen atoms in total. The molecule has 19 heavy (non-hydrogen) atoms. The summed E-state index contributed by atoms with van der Waals surface area (Å²) in [6.45, 7) is 2.81. The van der Waals surface area contributed by atoms with Crippen molar-refractivity contribution in [3.05, 3.63) is 50.7 Å². The van der Waals surface area contributed by atoms with Gasteiger partial charge in [0.1, 0.15) is 0 Å². The van der Waals surface area contributed by atoms with Gasteiger partial charge in [-0.1, -0.05) is 47.8 Å². The van der Waals surface area contributed by atoms with E-state index in [1.165, 1.54) is 0 Å². The van der Waals surface area contributed by atoms with E-state index >= 15 is 0 Å². The molecule has 0 aliphatic rings. The Morgan fingerprint density at radius 2 is 2.00 bits per heavy atom. The molecule has 1 aromatic heterocycles. The van der Waals surface area contributed by atoms with E-state index in [9.17, 15) is 0 Å². The highest BCUT2D eigenvalue weighted by atomic mass is 35.5. The average molecular weight is 319 g/mol. The zero-order chi connectivity index (χ0) is 14.0. The van der Waals surface area contributed by atoms with E-state index in [0.29, 0.717) is 15.1 Å². The second kappa shape index (κ2) is 6.14. The fourth-order valence-corrected chi connectivity index (χ4v) is 2.83. The maximum absolute atomic E-state index is 6.28. The number of benzene rings is 1. The summed E-state index contributed by atoms with van der Waals surface area (Å²) in [6.07, 6.45) is 1.63. The third-order valence-corrected chi connectivity index (χ3v) is 3.75. The number of aromatic nitrogens is 2. The zero-order valence-electron chi connectivity index (χ0n) is 10.6. The Hall–Kier alpha value is -0.740. The van der Waals surface area contributed by atoms with Crippen molar-refractivity contribution in [1.29, 1.82) is 0 Å². The van der Waals surface area contributed by atoms with Crippen molar-refractivity contribution in [2.45, 2.75) is 13.0 Å². The summed E-state index contributed by atoms with van der Waals surface area (Å²) < 4.78 is 1.75. The van der Waals surface area contributed by atoms with E-state index in [1.54, 1.807) is 16.9 Å². The van der Waals surface area contributed by atoms with Crippen molar-refractivity contribution in [2.24, 2.45) is 7.05 Å². The van der Waals surface area contributed by atoms with Crippen molar-refractivity contribution in [2.75, 3.05) is 6.54 Å². The molecule has 1 atom stereocenters. The van der Waals surface area contributed by atoms with Crippen LogP contribution in [0.25, 0.3) is 0 Å². The lowest BCUT2D eigenvalue weighted by molar-refractivity contribution is 0.573. The van der Waals surface area contributed by atoms with Crippen LogP contribution in [-0.4, -0.2) is 16.3 Å². The van der Waals surface area contributed by atoms with Crippen molar-refractivity contribution >= 4 is 34.8 Å². The van der Waals surface area contributed by atoms with Crippen LogP contribution in [0.2, 0.25) is 15.1 Å². The van der Waals surface area contributed by atoms with Crippen molar-refractivity contribution in [3.63, 3.8) is 0 Å². The molecule has 1 unspecified atom stereocenters. The molecule has 0 amide bonds. The van der Waals surface area contributed by atoms with Crippen LogP contribution in [-0.2, 0) is 7.05 Å². The van der Waals surface area contributed by atoms with Crippen molar-refractivity contribution < 1.29 is 0 Å². The first kappa shape index (κ1) is 14.7. The predicted molar refractivity (Wildman–Crippen MR) is 80.2 cm³/mol. The van der Waals surface area contributed by atoms with Gasteiger partial charge in [-0.3, -0.25) is 4.68 Å². The van der Waals surface area contributed by atoms with Gasteiger partial charge in [-0.15, -0.1) is 0 Å². The van der Waals surface area contributed by atoms with E-state index in [0.717, 1.165) is 17.8 Å². The largest absolute Gasteiger partial charge is 0.305 e. The molecule has 0 aliphatic carbocycles. The summed E-state index contributed by atoms with van der Waals surface area (Å²) in [7, 11) is 1.86.